The van der Waals surface area contributed by atoms with E-state index in [1.54, 1.807) is 0 Å². The van der Waals surface area contributed by atoms with Crippen molar-refractivity contribution in [1.29, 1.82) is 0 Å². The molecular formula is C14H21ClN2O. The second kappa shape index (κ2) is 6.53. The highest BCUT2D eigenvalue weighted by atomic mass is 35.5. The standard InChI is InChI=1S/C14H21ClN2O/c1-11-10-12(15)2-3-13(11)14(4-9-18)17-7-5-16-6-8-17/h2-3,10,14,16,18H,4-9H2,1H3/t14-/m1/s1. The zero-order valence-corrected chi connectivity index (χ0v) is 11.6. The van der Waals surface area contributed by atoms with Gasteiger partial charge in [-0.15, -0.1) is 0 Å². The van der Waals surface area contributed by atoms with Gasteiger partial charge >= 0.3 is 0 Å². The Balaban J connectivity index is 2.22. The highest BCUT2D eigenvalue weighted by Crippen LogP contribution is 2.28. The molecule has 1 aromatic carbocycles. The second-order valence-electron chi connectivity index (χ2n) is 4.81. The topological polar surface area (TPSA) is 35.5 Å². The Kier molecular flexibility index (Phi) is 5.01. The summed E-state index contributed by atoms with van der Waals surface area (Å²) >= 11 is 6.01. The summed E-state index contributed by atoms with van der Waals surface area (Å²) in [5.74, 6) is 0. The molecule has 1 aromatic rings. The van der Waals surface area contributed by atoms with E-state index >= 15 is 0 Å². The summed E-state index contributed by atoms with van der Waals surface area (Å²) in [6, 6.07) is 6.34. The molecule has 3 nitrogen and oxygen atoms in total. The number of rotatable bonds is 4. The smallest absolute Gasteiger partial charge is 0.0449 e. The Morgan fingerprint density at radius 1 is 1.39 bits per heavy atom. The number of aliphatic hydroxyl groups is 1. The molecule has 100 valence electrons. The zero-order chi connectivity index (χ0) is 13.0. The van der Waals surface area contributed by atoms with Gasteiger partial charge in [-0.3, -0.25) is 4.90 Å². The minimum absolute atomic E-state index is 0.219. The molecule has 1 aliphatic rings. The molecule has 0 aromatic heterocycles. The minimum Gasteiger partial charge on any atom is -0.396 e. The second-order valence-corrected chi connectivity index (χ2v) is 5.25. The first-order chi connectivity index (χ1) is 8.72. The van der Waals surface area contributed by atoms with Crippen molar-refractivity contribution in [2.24, 2.45) is 0 Å². The Hall–Kier alpha value is -0.610. The summed E-state index contributed by atoms with van der Waals surface area (Å²) in [6.45, 7) is 6.42. The van der Waals surface area contributed by atoms with Crippen molar-refractivity contribution in [1.82, 2.24) is 10.2 Å². The third-order valence-corrected chi connectivity index (χ3v) is 3.82. The van der Waals surface area contributed by atoms with Crippen LogP contribution in [0.4, 0.5) is 0 Å². The average molecular weight is 269 g/mol. The molecule has 0 spiro atoms. The van der Waals surface area contributed by atoms with Gasteiger partial charge in [-0.1, -0.05) is 17.7 Å². The van der Waals surface area contributed by atoms with Gasteiger partial charge in [0.1, 0.15) is 0 Å². The number of benzene rings is 1. The first kappa shape index (κ1) is 13.8. The van der Waals surface area contributed by atoms with E-state index in [1.165, 1.54) is 11.1 Å². The largest absolute Gasteiger partial charge is 0.396 e. The summed E-state index contributed by atoms with van der Waals surface area (Å²) in [5, 5.41) is 13.4. The molecule has 18 heavy (non-hydrogen) atoms. The molecule has 0 radical (unpaired) electrons. The van der Waals surface area contributed by atoms with Gasteiger partial charge in [-0.25, -0.2) is 0 Å². The van der Waals surface area contributed by atoms with Crippen molar-refractivity contribution in [3.05, 3.63) is 34.3 Å². The number of halogens is 1. The normalized spacial score (nSPS) is 18.8. The predicted octanol–water partition coefficient (Wildman–Crippen LogP) is 1.98. The summed E-state index contributed by atoms with van der Waals surface area (Å²) in [6.07, 6.45) is 0.780. The monoisotopic (exact) mass is 268 g/mol. The van der Waals surface area contributed by atoms with Crippen molar-refractivity contribution >= 4 is 11.6 Å². The number of piperazine rings is 1. The third kappa shape index (κ3) is 3.23. The molecule has 0 bridgehead atoms. The number of hydrogen-bond acceptors (Lipinski definition) is 3. The Labute approximate surface area is 114 Å². The van der Waals surface area contributed by atoms with Gasteiger partial charge in [0.05, 0.1) is 0 Å². The van der Waals surface area contributed by atoms with Gasteiger partial charge < -0.3 is 10.4 Å². The van der Waals surface area contributed by atoms with Crippen LogP contribution < -0.4 is 5.32 Å². The van der Waals surface area contributed by atoms with Gasteiger partial charge in [0.25, 0.3) is 0 Å². The first-order valence-electron chi connectivity index (χ1n) is 6.54. The molecule has 1 aliphatic heterocycles. The maximum Gasteiger partial charge on any atom is 0.0449 e. The summed E-state index contributed by atoms with van der Waals surface area (Å²) in [7, 11) is 0. The lowest BCUT2D eigenvalue weighted by molar-refractivity contribution is 0.140. The van der Waals surface area contributed by atoms with E-state index in [9.17, 15) is 5.11 Å². The number of hydrogen-bond donors (Lipinski definition) is 2. The minimum atomic E-state index is 0.219. The molecule has 0 aliphatic carbocycles. The van der Waals surface area contributed by atoms with Crippen LogP contribution in [0.15, 0.2) is 18.2 Å². The molecule has 1 heterocycles. The van der Waals surface area contributed by atoms with Crippen molar-refractivity contribution in [2.75, 3.05) is 32.8 Å². The van der Waals surface area contributed by atoms with Crippen molar-refractivity contribution in [2.45, 2.75) is 19.4 Å². The number of nitrogens with zero attached hydrogens (tertiary/aromatic N) is 1. The molecule has 2 rings (SSSR count). The number of aryl methyl sites for hydroxylation is 1. The number of aliphatic hydroxyl groups excluding tert-OH is 1. The van der Waals surface area contributed by atoms with E-state index in [0.717, 1.165) is 37.6 Å². The van der Waals surface area contributed by atoms with E-state index in [1.807, 2.05) is 12.1 Å². The maximum absolute atomic E-state index is 9.31. The maximum atomic E-state index is 9.31. The molecule has 1 fully saturated rings. The van der Waals surface area contributed by atoms with E-state index in [2.05, 4.69) is 23.2 Å². The zero-order valence-electron chi connectivity index (χ0n) is 10.8. The van der Waals surface area contributed by atoms with E-state index < -0.39 is 0 Å². The van der Waals surface area contributed by atoms with Crippen LogP contribution in [0.1, 0.15) is 23.6 Å². The van der Waals surface area contributed by atoms with Crippen LogP contribution in [0, 0.1) is 6.92 Å². The predicted molar refractivity (Wildman–Crippen MR) is 75.1 cm³/mol. The van der Waals surface area contributed by atoms with Crippen molar-refractivity contribution in [3.8, 4) is 0 Å². The first-order valence-corrected chi connectivity index (χ1v) is 6.92. The average Bonchev–Trinajstić information content (AvgIpc) is 2.38. The van der Waals surface area contributed by atoms with Gasteiger partial charge in [0.2, 0.25) is 0 Å². The fourth-order valence-corrected chi connectivity index (χ4v) is 2.89. The lowest BCUT2D eigenvalue weighted by Gasteiger charge is -2.35. The molecule has 0 saturated carbocycles. The lowest BCUT2D eigenvalue weighted by Crippen LogP contribution is -2.45. The molecule has 1 saturated heterocycles. The fraction of sp³-hybridized carbons (Fsp3) is 0.571. The number of nitrogens with one attached hydrogen (secondary N) is 1. The van der Waals surface area contributed by atoms with E-state index in [0.29, 0.717) is 6.04 Å². The van der Waals surface area contributed by atoms with Crippen LogP contribution in [-0.4, -0.2) is 42.8 Å². The molecule has 0 amide bonds. The van der Waals surface area contributed by atoms with Crippen LogP contribution in [-0.2, 0) is 0 Å². The van der Waals surface area contributed by atoms with Crippen LogP contribution in [0.5, 0.6) is 0 Å². The summed E-state index contributed by atoms with van der Waals surface area (Å²) in [4.78, 5) is 2.45. The van der Waals surface area contributed by atoms with Crippen LogP contribution in [0.3, 0.4) is 0 Å². The Bertz CT molecular complexity index is 391. The van der Waals surface area contributed by atoms with Crippen LogP contribution in [0.2, 0.25) is 5.02 Å². The molecule has 1 atom stereocenters. The lowest BCUT2D eigenvalue weighted by atomic mass is 9.97. The molecule has 4 heteroatoms. The molecule has 0 unspecified atom stereocenters. The highest BCUT2D eigenvalue weighted by molar-refractivity contribution is 6.30. The quantitative estimate of drug-likeness (QED) is 0.877. The van der Waals surface area contributed by atoms with Crippen molar-refractivity contribution in [3.63, 3.8) is 0 Å². The van der Waals surface area contributed by atoms with E-state index in [-0.39, 0.29) is 6.61 Å². The van der Waals surface area contributed by atoms with Gasteiger partial charge in [-0.05, 0) is 36.6 Å². The SMILES string of the molecule is Cc1cc(Cl)ccc1[C@@H](CCO)N1CCNCC1. The van der Waals surface area contributed by atoms with Crippen LogP contribution in [0.25, 0.3) is 0 Å². The summed E-state index contributed by atoms with van der Waals surface area (Å²) < 4.78 is 0. The van der Waals surface area contributed by atoms with Crippen molar-refractivity contribution < 1.29 is 5.11 Å². The van der Waals surface area contributed by atoms with Crippen LogP contribution >= 0.6 is 11.6 Å². The highest BCUT2D eigenvalue weighted by Gasteiger charge is 2.22. The molecule has 2 N–H and O–H groups in total. The third-order valence-electron chi connectivity index (χ3n) is 3.59. The van der Waals surface area contributed by atoms with Gasteiger partial charge in [0, 0.05) is 43.9 Å². The summed E-state index contributed by atoms with van der Waals surface area (Å²) in [5.41, 5.74) is 2.50. The Morgan fingerprint density at radius 2 is 2.11 bits per heavy atom. The fourth-order valence-electron chi connectivity index (χ4n) is 2.66. The van der Waals surface area contributed by atoms with Gasteiger partial charge in [0.15, 0.2) is 0 Å². The molecular weight excluding hydrogens is 248 g/mol. The van der Waals surface area contributed by atoms with Gasteiger partial charge in [-0.2, -0.15) is 0 Å². The van der Waals surface area contributed by atoms with E-state index in [4.69, 9.17) is 11.6 Å². The Morgan fingerprint density at radius 3 is 2.72 bits per heavy atom.